The number of rotatable bonds is 3. The number of fused-ring (bicyclic) bond motifs is 1. The number of halogens is 3. The first-order valence-corrected chi connectivity index (χ1v) is 7.75. The molecule has 1 aromatic heterocycles. The van der Waals surface area contributed by atoms with Gasteiger partial charge in [0.25, 0.3) is 0 Å². The van der Waals surface area contributed by atoms with E-state index in [0.717, 1.165) is 4.57 Å². The van der Waals surface area contributed by atoms with Gasteiger partial charge >= 0.3 is 6.18 Å². The first-order chi connectivity index (χ1) is 11.3. The summed E-state index contributed by atoms with van der Waals surface area (Å²) in [6.07, 6.45) is -4.52. The number of likely N-dealkylation sites (tertiary alicyclic amines) is 1. The fourth-order valence-electron chi connectivity index (χ4n) is 3.09. The number of nitrogens with zero attached hydrogens (tertiary/aromatic N) is 3. The van der Waals surface area contributed by atoms with Gasteiger partial charge in [0, 0.05) is 19.0 Å². The van der Waals surface area contributed by atoms with Gasteiger partial charge in [0.1, 0.15) is 6.54 Å². The molecule has 2 aromatic rings. The summed E-state index contributed by atoms with van der Waals surface area (Å²) in [4.78, 5) is 17.6. The third-order valence-corrected chi connectivity index (χ3v) is 4.46. The predicted octanol–water partition coefficient (Wildman–Crippen LogP) is 2.28. The first-order valence-electron chi connectivity index (χ1n) is 7.75. The van der Waals surface area contributed by atoms with Crippen molar-refractivity contribution in [2.75, 3.05) is 13.1 Å². The highest BCUT2D eigenvalue weighted by Gasteiger charge is 2.38. The Morgan fingerprint density at radius 1 is 1.42 bits per heavy atom. The standard InChI is InChI=1S/C16H18F3N3O2/c1-10(23)11-6-7-21(8-11)14(24)9-22-13-5-3-2-4-12(13)20-15(22)16(17,18)19/h2-5,10-11,23H,6-9H2,1H3. The molecule has 2 unspecified atom stereocenters. The van der Waals surface area contributed by atoms with Gasteiger partial charge in [-0.3, -0.25) is 4.79 Å². The zero-order chi connectivity index (χ0) is 17.5. The van der Waals surface area contributed by atoms with Crippen molar-refractivity contribution in [1.29, 1.82) is 0 Å². The number of hydrogen-bond acceptors (Lipinski definition) is 3. The molecule has 1 aromatic carbocycles. The third kappa shape index (κ3) is 3.10. The molecule has 5 nitrogen and oxygen atoms in total. The second-order valence-corrected chi connectivity index (χ2v) is 6.14. The van der Waals surface area contributed by atoms with Gasteiger partial charge in [-0.2, -0.15) is 13.2 Å². The molecule has 1 amide bonds. The van der Waals surface area contributed by atoms with Gasteiger partial charge in [0.05, 0.1) is 17.1 Å². The van der Waals surface area contributed by atoms with E-state index >= 15 is 0 Å². The molecule has 1 aliphatic heterocycles. The largest absolute Gasteiger partial charge is 0.449 e. The van der Waals surface area contributed by atoms with Crippen molar-refractivity contribution in [2.45, 2.75) is 32.2 Å². The minimum absolute atomic E-state index is 0.0319. The number of amides is 1. The van der Waals surface area contributed by atoms with Crippen molar-refractivity contribution in [2.24, 2.45) is 5.92 Å². The van der Waals surface area contributed by atoms with E-state index < -0.39 is 30.6 Å². The molecule has 1 saturated heterocycles. The molecule has 130 valence electrons. The van der Waals surface area contributed by atoms with Crippen LogP contribution in [0.15, 0.2) is 24.3 Å². The molecular formula is C16H18F3N3O2. The van der Waals surface area contributed by atoms with Crippen LogP contribution in [-0.4, -0.2) is 44.7 Å². The van der Waals surface area contributed by atoms with Gasteiger partial charge in [0.15, 0.2) is 0 Å². The number of para-hydroxylation sites is 2. The second kappa shape index (κ2) is 6.08. The number of imidazole rings is 1. The van der Waals surface area contributed by atoms with Crippen LogP contribution in [0.4, 0.5) is 13.2 Å². The van der Waals surface area contributed by atoms with Crippen molar-refractivity contribution >= 4 is 16.9 Å². The van der Waals surface area contributed by atoms with Crippen molar-refractivity contribution < 1.29 is 23.1 Å². The molecule has 2 atom stereocenters. The van der Waals surface area contributed by atoms with Gasteiger partial charge in [-0.15, -0.1) is 0 Å². The summed E-state index contributed by atoms with van der Waals surface area (Å²) in [6, 6.07) is 6.23. The van der Waals surface area contributed by atoms with E-state index in [2.05, 4.69) is 4.98 Å². The van der Waals surface area contributed by atoms with Crippen LogP contribution in [-0.2, 0) is 17.5 Å². The van der Waals surface area contributed by atoms with E-state index in [-0.39, 0.29) is 17.0 Å². The number of alkyl halides is 3. The number of aliphatic hydroxyl groups excluding tert-OH is 1. The van der Waals surface area contributed by atoms with Crippen molar-refractivity contribution in [3.63, 3.8) is 0 Å². The SMILES string of the molecule is CC(O)C1CCN(C(=O)Cn2c(C(F)(F)F)nc3ccccc32)C1. The van der Waals surface area contributed by atoms with Crippen molar-refractivity contribution in [3.8, 4) is 0 Å². The van der Waals surface area contributed by atoms with E-state index in [4.69, 9.17) is 0 Å². The monoisotopic (exact) mass is 341 g/mol. The van der Waals surface area contributed by atoms with Crippen LogP contribution in [0.25, 0.3) is 11.0 Å². The topological polar surface area (TPSA) is 58.4 Å². The average Bonchev–Trinajstić information content (AvgIpc) is 3.12. The predicted molar refractivity (Wildman–Crippen MR) is 81.1 cm³/mol. The fourth-order valence-corrected chi connectivity index (χ4v) is 3.09. The molecule has 1 N–H and O–H groups in total. The molecular weight excluding hydrogens is 323 g/mol. The van der Waals surface area contributed by atoms with Crippen LogP contribution in [0.5, 0.6) is 0 Å². The Labute approximate surface area is 136 Å². The van der Waals surface area contributed by atoms with Gasteiger partial charge < -0.3 is 14.6 Å². The van der Waals surface area contributed by atoms with Crippen LogP contribution in [0, 0.1) is 5.92 Å². The number of carbonyl (C=O) groups is 1. The van der Waals surface area contributed by atoms with E-state index in [0.29, 0.717) is 19.5 Å². The van der Waals surface area contributed by atoms with E-state index in [9.17, 15) is 23.1 Å². The molecule has 24 heavy (non-hydrogen) atoms. The summed E-state index contributed by atoms with van der Waals surface area (Å²) < 4.78 is 40.6. The summed E-state index contributed by atoms with van der Waals surface area (Å²) in [6.45, 7) is 2.05. The van der Waals surface area contributed by atoms with Gasteiger partial charge in [-0.05, 0) is 25.5 Å². The molecule has 2 heterocycles. The summed E-state index contributed by atoms with van der Waals surface area (Å²) in [5.74, 6) is -1.49. The lowest BCUT2D eigenvalue weighted by Gasteiger charge is -2.19. The van der Waals surface area contributed by atoms with Gasteiger partial charge in [-0.25, -0.2) is 4.98 Å². The van der Waals surface area contributed by atoms with Crippen LogP contribution < -0.4 is 0 Å². The average molecular weight is 341 g/mol. The minimum Gasteiger partial charge on any atom is -0.393 e. The summed E-state index contributed by atoms with van der Waals surface area (Å²) in [7, 11) is 0. The number of aliphatic hydroxyl groups is 1. The molecule has 0 radical (unpaired) electrons. The van der Waals surface area contributed by atoms with E-state index in [1.54, 1.807) is 19.1 Å². The normalized spacial score (nSPS) is 19.9. The lowest BCUT2D eigenvalue weighted by atomic mass is 10.0. The van der Waals surface area contributed by atoms with E-state index in [1.807, 2.05) is 0 Å². The molecule has 1 aliphatic rings. The molecule has 8 heteroatoms. The summed E-state index contributed by atoms with van der Waals surface area (Å²) in [5, 5.41) is 9.60. The second-order valence-electron chi connectivity index (χ2n) is 6.14. The van der Waals surface area contributed by atoms with Crippen LogP contribution in [0.1, 0.15) is 19.2 Å². The highest BCUT2D eigenvalue weighted by molar-refractivity contribution is 5.81. The highest BCUT2D eigenvalue weighted by Crippen LogP contribution is 2.31. The number of hydrogen-bond donors (Lipinski definition) is 1. The molecule has 0 aliphatic carbocycles. The summed E-state index contributed by atoms with van der Waals surface area (Å²) in [5.41, 5.74) is 0.491. The summed E-state index contributed by atoms with van der Waals surface area (Å²) >= 11 is 0. The number of aromatic nitrogens is 2. The first kappa shape index (κ1) is 16.8. The maximum atomic E-state index is 13.2. The maximum Gasteiger partial charge on any atom is 0.449 e. The van der Waals surface area contributed by atoms with Gasteiger partial charge in [-0.1, -0.05) is 12.1 Å². The van der Waals surface area contributed by atoms with Crippen LogP contribution in [0.3, 0.4) is 0 Å². The Morgan fingerprint density at radius 2 is 2.12 bits per heavy atom. The zero-order valence-corrected chi connectivity index (χ0v) is 13.1. The smallest absolute Gasteiger partial charge is 0.393 e. The van der Waals surface area contributed by atoms with Crippen molar-refractivity contribution in [1.82, 2.24) is 14.5 Å². The van der Waals surface area contributed by atoms with Gasteiger partial charge in [0.2, 0.25) is 11.7 Å². The molecule has 0 saturated carbocycles. The Hall–Kier alpha value is -2.09. The Kier molecular flexibility index (Phi) is 4.25. The molecule has 0 spiro atoms. The zero-order valence-electron chi connectivity index (χ0n) is 13.1. The fraction of sp³-hybridized carbons (Fsp3) is 0.500. The maximum absolute atomic E-state index is 13.2. The Bertz CT molecular complexity index is 755. The van der Waals surface area contributed by atoms with Crippen LogP contribution in [0.2, 0.25) is 0 Å². The van der Waals surface area contributed by atoms with E-state index in [1.165, 1.54) is 17.0 Å². The Morgan fingerprint density at radius 3 is 2.75 bits per heavy atom. The molecule has 0 bridgehead atoms. The van der Waals surface area contributed by atoms with Crippen LogP contribution >= 0.6 is 0 Å². The number of benzene rings is 1. The third-order valence-electron chi connectivity index (χ3n) is 4.46. The van der Waals surface area contributed by atoms with Crippen molar-refractivity contribution in [3.05, 3.63) is 30.1 Å². The molecule has 3 rings (SSSR count). The minimum atomic E-state index is -4.63. The highest BCUT2D eigenvalue weighted by atomic mass is 19.4. The quantitative estimate of drug-likeness (QED) is 0.932. The lowest BCUT2D eigenvalue weighted by Crippen LogP contribution is -2.34. The molecule has 1 fully saturated rings. The lowest BCUT2D eigenvalue weighted by molar-refractivity contribution is -0.148. The number of carbonyl (C=O) groups excluding carboxylic acids is 1. The Balaban J connectivity index is 1.88.